The topological polar surface area (TPSA) is 39.9 Å². The van der Waals surface area contributed by atoms with Crippen molar-refractivity contribution >= 4 is 5.82 Å². The van der Waals surface area contributed by atoms with Crippen molar-refractivity contribution in [2.75, 3.05) is 11.9 Å². The van der Waals surface area contributed by atoms with Crippen LogP contribution in [0.25, 0.3) is 0 Å². The first-order valence-electron chi connectivity index (χ1n) is 6.31. The monoisotopic (exact) mass is 229 g/mol. The third kappa shape index (κ3) is 2.58. The minimum Gasteiger partial charge on any atom is -0.356 e. The van der Waals surface area contributed by atoms with Gasteiger partial charge in [0.25, 0.3) is 0 Å². The molecule has 1 aliphatic rings. The lowest BCUT2D eigenvalue weighted by Crippen LogP contribution is -2.39. The van der Waals surface area contributed by atoms with E-state index in [1.807, 2.05) is 6.07 Å². The lowest BCUT2D eigenvalue weighted by molar-refractivity contribution is 0.320. The Labute approximate surface area is 103 Å². The van der Waals surface area contributed by atoms with E-state index in [4.69, 9.17) is 5.26 Å². The van der Waals surface area contributed by atoms with Crippen LogP contribution in [0.15, 0.2) is 18.3 Å². The molecule has 2 rings (SSSR count). The molecule has 3 nitrogen and oxygen atoms in total. The highest BCUT2D eigenvalue weighted by Crippen LogP contribution is 2.29. The van der Waals surface area contributed by atoms with Crippen molar-refractivity contribution in [2.24, 2.45) is 5.92 Å². The van der Waals surface area contributed by atoms with Crippen molar-refractivity contribution in [1.82, 2.24) is 4.98 Å². The van der Waals surface area contributed by atoms with Gasteiger partial charge in [-0.3, -0.25) is 0 Å². The van der Waals surface area contributed by atoms with Crippen LogP contribution in [0.1, 0.15) is 38.2 Å². The Morgan fingerprint density at radius 2 is 2.18 bits per heavy atom. The van der Waals surface area contributed by atoms with Gasteiger partial charge in [-0.1, -0.05) is 19.8 Å². The Morgan fingerprint density at radius 1 is 1.41 bits per heavy atom. The maximum atomic E-state index is 8.91. The normalized spacial score (nSPS) is 24.1. The summed E-state index contributed by atoms with van der Waals surface area (Å²) in [5, 5.41) is 8.91. The molecular weight excluding hydrogens is 210 g/mol. The summed E-state index contributed by atoms with van der Waals surface area (Å²) < 4.78 is 0. The van der Waals surface area contributed by atoms with E-state index in [2.05, 4.69) is 29.9 Å². The van der Waals surface area contributed by atoms with Gasteiger partial charge in [-0.05, 0) is 30.9 Å². The lowest BCUT2D eigenvalue weighted by atomic mass is 9.85. The van der Waals surface area contributed by atoms with Gasteiger partial charge in [0.15, 0.2) is 0 Å². The molecule has 0 spiro atoms. The van der Waals surface area contributed by atoms with Crippen molar-refractivity contribution in [2.45, 2.75) is 38.6 Å². The molecule has 0 radical (unpaired) electrons. The molecule has 1 fully saturated rings. The van der Waals surface area contributed by atoms with Crippen LogP contribution in [0.5, 0.6) is 0 Å². The van der Waals surface area contributed by atoms with E-state index < -0.39 is 0 Å². The first kappa shape index (κ1) is 11.9. The zero-order valence-corrected chi connectivity index (χ0v) is 10.6. The zero-order valence-electron chi connectivity index (χ0n) is 10.6. The van der Waals surface area contributed by atoms with Gasteiger partial charge in [-0.2, -0.15) is 5.26 Å². The maximum Gasteiger partial charge on any atom is 0.129 e. The number of nitriles is 1. The van der Waals surface area contributed by atoms with E-state index in [1.54, 1.807) is 12.3 Å². The minimum atomic E-state index is 0.560. The average Bonchev–Trinajstić information content (AvgIpc) is 2.38. The van der Waals surface area contributed by atoms with E-state index in [1.165, 1.54) is 25.7 Å². The molecule has 2 unspecified atom stereocenters. The molecule has 0 aliphatic heterocycles. The zero-order chi connectivity index (χ0) is 12.3. The van der Waals surface area contributed by atoms with Crippen molar-refractivity contribution in [3.05, 3.63) is 23.9 Å². The molecule has 1 aromatic heterocycles. The fourth-order valence-electron chi connectivity index (χ4n) is 2.72. The molecule has 17 heavy (non-hydrogen) atoms. The summed E-state index contributed by atoms with van der Waals surface area (Å²) in [5.74, 6) is 1.63. The number of pyridine rings is 1. The van der Waals surface area contributed by atoms with Crippen LogP contribution in [0.4, 0.5) is 5.82 Å². The first-order chi connectivity index (χ1) is 8.22. The molecule has 1 aliphatic carbocycles. The highest BCUT2D eigenvalue weighted by atomic mass is 15.2. The standard InChI is InChI=1S/C14H19N3/c1-11-5-3-4-6-13(11)17(2)14-9-12(10-15)7-8-16-14/h7-9,11,13H,3-6H2,1-2H3. The van der Waals surface area contributed by atoms with E-state index in [-0.39, 0.29) is 0 Å². The second-order valence-corrected chi connectivity index (χ2v) is 4.95. The second-order valence-electron chi connectivity index (χ2n) is 4.95. The number of aromatic nitrogens is 1. The fourth-order valence-corrected chi connectivity index (χ4v) is 2.72. The van der Waals surface area contributed by atoms with Gasteiger partial charge < -0.3 is 4.90 Å². The predicted molar refractivity (Wildman–Crippen MR) is 68.8 cm³/mol. The molecular formula is C14H19N3. The van der Waals surface area contributed by atoms with Crippen molar-refractivity contribution < 1.29 is 0 Å². The SMILES string of the molecule is CC1CCCCC1N(C)c1cc(C#N)ccn1. The lowest BCUT2D eigenvalue weighted by Gasteiger charge is -2.37. The third-order valence-corrected chi connectivity index (χ3v) is 3.80. The molecule has 90 valence electrons. The first-order valence-corrected chi connectivity index (χ1v) is 6.31. The molecule has 3 heteroatoms. The Morgan fingerprint density at radius 3 is 2.88 bits per heavy atom. The van der Waals surface area contributed by atoms with Gasteiger partial charge in [0, 0.05) is 19.3 Å². The average molecular weight is 229 g/mol. The van der Waals surface area contributed by atoms with Crippen molar-refractivity contribution in [1.29, 1.82) is 5.26 Å². The predicted octanol–water partition coefficient (Wildman–Crippen LogP) is 2.97. The molecule has 2 atom stereocenters. The van der Waals surface area contributed by atoms with Crippen LogP contribution >= 0.6 is 0 Å². The minimum absolute atomic E-state index is 0.560. The summed E-state index contributed by atoms with van der Waals surface area (Å²) in [6.45, 7) is 2.31. The number of hydrogen-bond acceptors (Lipinski definition) is 3. The van der Waals surface area contributed by atoms with Crippen LogP contribution in [0.3, 0.4) is 0 Å². The Bertz CT molecular complexity index is 422. The quantitative estimate of drug-likeness (QED) is 0.782. The smallest absolute Gasteiger partial charge is 0.129 e. The van der Waals surface area contributed by atoms with Crippen LogP contribution in [0.2, 0.25) is 0 Å². The number of nitrogens with zero attached hydrogens (tertiary/aromatic N) is 3. The molecule has 0 N–H and O–H groups in total. The summed E-state index contributed by atoms with van der Waals surface area (Å²) in [5.41, 5.74) is 0.685. The number of anilines is 1. The van der Waals surface area contributed by atoms with Gasteiger partial charge in [-0.15, -0.1) is 0 Å². The van der Waals surface area contributed by atoms with Gasteiger partial charge in [-0.25, -0.2) is 4.98 Å². The Hall–Kier alpha value is -1.56. The van der Waals surface area contributed by atoms with Crippen LogP contribution < -0.4 is 4.90 Å². The molecule has 1 aromatic rings. The summed E-state index contributed by atoms with van der Waals surface area (Å²) in [6, 6.07) is 6.36. The second kappa shape index (κ2) is 5.18. The highest BCUT2D eigenvalue weighted by Gasteiger charge is 2.25. The van der Waals surface area contributed by atoms with E-state index in [0.29, 0.717) is 17.5 Å². The van der Waals surface area contributed by atoms with Crippen molar-refractivity contribution in [3.8, 4) is 6.07 Å². The molecule has 1 heterocycles. The van der Waals surface area contributed by atoms with E-state index >= 15 is 0 Å². The van der Waals surface area contributed by atoms with Crippen molar-refractivity contribution in [3.63, 3.8) is 0 Å². The van der Waals surface area contributed by atoms with Crippen LogP contribution in [-0.2, 0) is 0 Å². The molecule has 0 aromatic carbocycles. The number of rotatable bonds is 2. The summed E-state index contributed by atoms with van der Waals surface area (Å²) in [4.78, 5) is 6.61. The van der Waals surface area contributed by atoms with E-state index in [0.717, 1.165) is 5.82 Å². The largest absolute Gasteiger partial charge is 0.356 e. The highest BCUT2D eigenvalue weighted by molar-refractivity contribution is 5.45. The van der Waals surface area contributed by atoms with Crippen LogP contribution in [-0.4, -0.2) is 18.1 Å². The van der Waals surface area contributed by atoms with E-state index in [9.17, 15) is 0 Å². The summed E-state index contributed by atoms with van der Waals surface area (Å²) in [7, 11) is 2.09. The third-order valence-electron chi connectivity index (χ3n) is 3.80. The molecule has 0 bridgehead atoms. The summed E-state index contributed by atoms with van der Waals surface area (Å²) in [6.07, 6.45) is 6.90. The Kier molecular flexibility index (Phi) is 3.63. The Balaban J connectivity index is 2.18. The molecule has 0 saturated heterocycles. The van der Waals surface area contributed by atoms with Crippen LogP contribution in [0, 0.1) is 17.2 Å². The van der Waals surface area contributed by atoms with Gasteiger partial charge in [0.1, 0.15) is 5.82 Å². The fraction of sp³-hybridized carbons (Fsp3) is 0.571. The maximum absolute atomic E-state index is 8.91. The van der Waals surface area contributed by atoms with Gasteiger partial charge in [0.2, 0.25) is 0 Å². The summed E-state index contributed by atoms with van der Waals surface area (Å²) >= 11 is 0. The van der Waals surface area contributed by atoms with Gasteiger partial charge >= 0.3 is 0 Å². The molecule has 0 amide bonds. The number of hydrogen-bond donors (Lipinski definition) is 0. The molecule has 1 saturated carbocycles. The van der Waals surface area contributed by atoms with Gasteiger partial charge in [0.05, 0.1) is 11.6 Å².